The van der Waals surface area contributed by atoms with Crippen LogP contribution < -0.4 is 5.32 Å². The molecule has 0 radical (unpaired) electrons. The van der Waals surface area contributed by atoms with E-state index in [-0.39, 0.29) is 18.5 Å². The average molecular weight is 299 g/mol. The van der Waals surface area contributed by atoms with Crippen LogP contribution in [0.25, 0.3) is 0 Å². The molecule has 8 nitrogen and oxygen atoms in total. The second kappa shape index (κ2) is 5.71. The van der Waals surface area contributed by atoms with Gasteiger partial charge in [0.1, 0.15) is 0 Å². The van der Waals surface area contributed by atoms with E-state index in [9.17, 15) is 13.2 Å². The number of nitrogens with zero attached hydrogens (tertiary/aromatic N) is 4. The van der Waals surface area contributed by atoms with Gasteiger partial charge in [-0.2, -0.15) is 4.31 Å². The van der Waals surface area contributed by atoms with Crippen LogP contribution in [0, 0.1) is 0 Å². The number of amides is 1. The highest BCUT2D eigenvalue weighted by Gasteiger charge is 2.32. The lowest BCUT2D eigenvalue weighted by Crippen LogP contribution is -2.59. The van der Waals surface area contributed by atoms with Crippen LogP contribution in [0.15, 0.2) is 18.5 Å². The molecule has 0 aliphatic carbocycles. The number of carbonyl (C=O) groups is 1. The van der Waals surface area contributed by atoms with Gasteiger partial charge in [0.05, 0.1) is 18.8 Å². The third kappa shape index (κ3) is 3.64. The summed E-state index contributed by atoms with van der Waals surface area (Å²) < 4.78 is 23.5. The van der Waals surface area contributed by atoms with Crippen LogP contribution in [0.1, 0.15) is 0 Å². The van der Waals surface area contributed by atoms with Gasteiger partial charge >= 0.3 is 0 Å². The molecule has 0 saturated carbocycles. The standard InChI is InChI=1S/C11H17N5O3S/c1-15(20(2,18)19)8-10(17)16-6-9(7-16)14-11-12-4-3-5-13-11/h3-5,9H,6-8H2,1-2H3,(H,12,13,14). The Morgan fingerprint density at radius 3 is 2.60 bits per heavy atom. The van der Waals surface area contributed by atoms with Gasteiger partial charge in [0, 0.05) is 32.5 Å². The molecule has 0 unspecified atom stereocenters. The van der Waals surface area contributed by atoms with Crippen LogP contribution in [0.3, 0.4) is 0 Å². The predicted molar refractivity (Wildman–Crippen MR) is 73.5 cm³/mol. The molecule has 0 aromatic carbocycles. The number of aromatic nitrogens is 2. The maximum Gasteiger partial charge on any atom is 0.238 e. The van der Waals surface area contributed by atoms with E-state index < -0.39 is 10.0 Å². The number of carbonyl (C=O) groups excluding carboxylic acids is 1. The first-order valence-corrected chi connectivity index (χ1v) is 7.94. The zero-order chi connectivity index (χ0) is 14.8. The summed E-state index contributed by atoms with van der Waals surface area (Å²) in [5.41, 5.74) is 0. The van der Waals surface area contributed by atoms with Crippen molar-refractivity contribution in [3.05, 3.63) is 18.5 Å². The van der Waals surface area contributed by atoms with Crippen LogP contribution in [-0.4, -0.2) is 72.5 Å². The Balaban J connectivity index is 1.77. The van der Waals surface area contributed by atoms with E-state index in [1.807, 2.05) is 0 Å². The topological polar surface area (TPSA) is 95.5 Å². The quantitative estimate of drug-likeness (QED) is 0.748. The summed E-state index contributed by atoms with van der Waals surface area (Å²) in [5, 5.41) is 3.10. The van der Waals surface area contributed by atoms with Gasteiger partial charge in [-0.15, -0.1) is 0 Å². The van der Waals surface area contributed by atoms with E-state index >= 15 is 0 Å². The van der Waals surface area contributed by atoms with Gasteiger partial charge in [0.2, 0.25) is 21.9 Å². The lowest BCUT2D eigenvalue weighted by molar-refractivity contribution is -0.135. The molecule has 20 heavy (non-hydrogen) atoms. The van der Waals surface area contributed by atoms with Crippen molar-refractivity contribution in [1.82, 2.24) is 19.2 Å². The molecule has 1 aromatic rings. The smallest absolute Gasteiger partial charge is 0.238 e. The number of likely N-dealkylation sites (N-methyl/N-ethyl adjacent to an activating group) is 1. The monoisotopic (exact) mass is 299 g/mol. The first-order chi connectivity index (χ1) is 9.36. The molecule has 110 valence electrons. The van der Waals surface area contributed by atoms with Gasteiger partial charge < -0.3 is 10.2 Å². The van der Waals surface area contributed by atoms with Gasteiger partial charge in [0.25, 0.3) is 0 Å². The molecule has 1 aromatic heterocycles. The van der Waals surface area contributed by atoms with Crippen LogP contribution in [0.2, 0.25) is 0 Å². The molecule has 2 heterocycles. The second-order valence-corrected chi connectivity index (χ2v) is 6.82. The van der Waals surface area contributed by atoms with Crippen molar-refractivity contribution in [2.75, 3.05) is 38.3 Å². The molecular formula is C11H17N5O3S. The van der Waals surface area contributed by atoms with Crippen LogP contribution in [0.4, 0.5) is 5.95 Å². The normalized spacial score (nSPS) is 16.1. The zero-order valence-electron chi connectivity index (χ0n) is 11.4. The van der Waals surface area contributed by atoms with Crippen molar-refractivity contribution >= 4 is 21.9 Å². The van der Waals surface area contributed by atoms with E-state index in [0.29, 0.717) is 19.0 Å². The minimum absolute atomic E-state index is 0.102. The number of hydrogen-bond donors (Lipinski definition) is 1. The van der Waals surface area contributed by atoms with Gasteiger partial charge in [-0.25, -0.2) is 18.4 Å². The van der Waals surface area contributed by atoms with Crippen molar-refractivity contribution in [1.29, 1.82) is 0 Å². The fraction of sp³-hybridized carbons (Fsp3) is 0.545. The number of rotatable bonds is 5. The van der Waals surface area contributed by atoms with Crippen molar-refractivity contribution < 1.29 is 13.2 Å². The lowest BCUT2D eigenvalue weighted by Gasteiger charge is -2.40. The van der Waals surface area contributed by atoms with Crippen molar-refractivity contribution in [2.24, 2.45) is 0 Å². The van der Waals surface area contributed by atoms with Gasteiger partial charge in [0.15, 0.2) is 0 Å². The van der Waals surface area contributed by atoms with E-state index in [1.165, 1.54) is 7.05 Å². The highest BCUT2D eigenvalue weighted by atomic mass is 32.2. The Kier molecular flexibility index (Phi) is 4.19. The van der Waals surface area contributed by atoms with Crippen molar-refractivity contribution in [2.45, 2.75) is 6.04 Å². The Labute approximate surface area is 117 Å². The van der Waals surface area contributed by atoms with Gasteiger partial charge in [-0.05, 0) is 6.07 Å². The van der Waals surface area contributed by atoms with E-state index in [2.05, 4.69) is 15.3 Å². The summed E-state index contributed by atoms with van der Waals surface area (Å²) >= 11 is 0. The molecule has 1 amide bonds. The minimum atomic E-state index is -3.33. The first kappa shape index (κ1) is 14.7. The number of sulfonamides is 1. The minimum Gasteiger partial charge on any atom is -0.348 e. The van der Waals surface area contributed by atoms with Crippen LogP contribution >= 0.6 is 0 Å². The molecule has 0 atom stereocenters. The summed E-state index contributed by atoms with van der Waals surface area (Å²) in [6, 6.07) is 1.83. The Morgan fingerprint density at radius 2 is 2.05 bits per heavy atom. The lowest BCUT2D eigenvalue weighted by atomic mass is 10.1. The Bertz CT molecular complexity index is 571. The second-order valence-electron chi connectivity index (χ2n) is 4.73. The Morgan fingerprint density at radius 1 is 1.45 bits per heavy atom. The van der Waals surface area contributed by atoms with E-state index in [4.69, 9.17) is 0 Å². The third-order valence-electron chi connectivity index (χ3n) is 3.06. The number of anilines is 1. The van der Waals surface area contributed by atoms with Crippen molar-refractivity contribution in [3.8, 4) is 0 Å². The number of nitrogens with one attached hydrogen (secondary N) is 1. The highest BCUT2D eigenvalue weighted by molar-refractivity contribution is 7.88. The summed E-state index contributed by atoms with van der Waals surface area (Å²) in [6.07, 6.45) is 4.35. The molecule has 1 N–H and O–H groups in total. The van der Waals surface area contributed by atoms with Gasteiger partial charge in [-0.1, -0.05) is 0 Å². The molecule has 0 spiro atoms. The molecule has 1 aliphatic rings. The number of likely N-dealkylation sites (tertiary alicyclic amines) is 1. The van der Waals surface area contributed by atoms with Crippen LogP contribution in [0.5, 0.6) is 0 Å². The van der Waals surface area contributed by atoms with Crippen molar-refractivity contribution in [3.63, 3.8) is 0 Å². The Hall–Kier alpha value is -1.74. The molecular weight excluding hydrogens is 282 g/mol. The molecule has 1 fully saturated rings. The van der Waals surface area contributed by atoms with E-state index in [1.54, 1.807) is 23.4 Å². The molecule has 1 aliphatic heterocycles. The molecule has 0 bridgehead atoms. The summed E-state index contributed by atoms with van der Waals surface area (Å²) in [6.45, 7) is 0.913. The van der Waals surface area contributed by atoms with Crippen LogP contribution in [-0.2, 0) is 14.8 Å². The highest BCUT2D eigenvalue weighted by Crippen LogP contribution is 2.12. The third-order valence-corrected chi connectivity index (χ3v) is 4.32. The predicted octanol–water partition coefficient (Wildman–Crippen LogP) is -1.01. The maximum absolute atomic E-state index is 11.8. The van der Waals surface area contributed by atoms with Gasteiger partial charge in [-0.3, -0.25) is 4.79 Å². The molecule has 9 heteroatoms. The van der Waals surface area contributed by atoms with E-state index in [0.717, 1.165) is 10.6 Å². The summed E-state index contributed by atoms with van der Waals surface area (Å²) in [5.74, 6) is 0.322. The SMILES string of the molecule is CN(CC(=O)N1CC(Nc2ncccn2)C1)S(C)(=O)=O. The zero-order valence-corrected chi connectivity index (χ0v) is 12.2. The number of hydrogen-bond acceptors (Lipinski definition) is 6. The molecule has 2 rings (SSSR count). The largest absolute Gasteiger partial charge is 0.348 e. The fourth-order valence-electron chi connectivity index (χ4n) is 1.74. The summed E-state index contributed by atoms with van der Waals surface area (Å²) in [7, 11) is -1.94. The fourth-order valence-corrected chi connectivity index (χ4v) is 2.08. The summed E-state index contributed by atoms with van der Waals surface area (Å²) in [4.78, 5) is 21.5. The maximum atomic E-state index is 11.8. The average Bonchev–Trinajstić information content (AvgIpc) is 2.33. The molecule has 1 saturated heterocycles. The first-order valence-electron chi connectivity index (χ1n) is 6.09.